The normalized spacial score (nSPS) is 19.5. The van der Waals surface area contributed by atoms with E-state index in [4.69, 9.17) is 9.47 Å². The van der Waals surface area contributed by atoms with Crippen LogP contribution in [-0.4, -0.2) is 56.5 Å². The minimum Gasteiger partial charge on any atom is -0.382 e. The van der Waals surface area contributed by atoms with Crippen molar-refractivity contribution in [3.8, 4) is 11.1 Å². The smallest absolute Gasteiger partial charge is 0.241 e. The van der Waals surface area contributed by atoms with E-state index in [1.807, 2.05) is 33.6 Å². The van der Waals surface area contributed by atoms with Crippen molar-refractivity contribution in [3.63, 3.8) is 0 Å². The molecule has 0 atom stereocenters. The van der Waals surface area contributed by atoms with E-state index in [1.54, 1.807) is 13.3 Å². The Morgan fingerprint density at radius 1 is 1.07 bits per heavy atom. The summed E-state index contributed by atoms with van der Waals surface area (Å²) in [7, 11) is 1.70. The molecule has 0 radical (unpaired) electrons. The first-order valence-corrected chi connectivity index (χ1v) is 10.4. The van der Waals surface area contributed by atoms with Gasteiger partial charge in [0.1, 0.15) is 5.65 Å². The van der Waals surface area contributed by atoms with E-state index in [1.165, 1.54) is 0 Å². The van der Waals surface area contributed by atoms with Crippen LogP contribution in [0.25, 0.3) is 22.3 Å². The highest BCUT2D eigenvalue weighted by molar-refractivity contribution is 5.80. The first-order chi connectivity index (χ1) is 14.8. The van der Waals surface area contributed by atoms with Crippen LogP contribution in [0.15, 0.2) is 49.2 Å². The van der Waals surface area contributed by atoms with Gasteiger partial charge in [-0.05, 0) is 43.9 Å². The van der Waals surface area contributed by atoms with Gasteiger partial charge in [0.25, 0.3) is 0 Å². The lowest BCUT2D eigenvalue weighted by molar-refractivity contribution is -0.00158. The van der Waals surface area contributed by atoms with Crippen LogP contribution < -0.4 is 5.32 Å². The maximum absolute atomic E-state index is 5.85. The average Bonchev–Trinajstić information content (AvgIpc) is 3.41. The highest BCUT2D eigenvalue weighted by Crippen LogP contribution is 2.27. The Hall–Kier alpha value is -2.97. The zero-order valence-electron chi connectivity index (χ0n) is 17.1. The molecule has 156 valence electrons. The zero-order chi connectivity index (χ0) is 20.3. The summed E-state index contributed by atoms with van der Waals surface area (Å²) in [5.41, 5.74) is 4.13. The largest absolute Gasteiger partial charge is 0.382 e. The van der Waals surface area contributed by atoms with Gasteiger partial charge in [0.15, 0.2) is 0 Å². The molecule has 1 aliphatic carbocycles. The van der Waals surface area contributed by atoms with E-state index >= 15 is 0 Å². The topological polar surface area (TPSA) is 78.0 Å². The lowest BCUT2D eigenvalue weighted by Crippen LogP contribution is -2.31. The number of hydrogen-bond donors (Lipinski definition) is 1. The van der Waals surface area contributed by atoms with Crippen LogP contribution in [0.3, 0.4) is 0 Å². The van der Waals surface area contributed by atoms with Gasteiger partial charge in [-0.3, -0.25) is 0 Å². The Morgan fingerprint density at radius 3 is 2.83 bits per heavy atom. The van der Waals surface area contributed by atoms with Gasteiger partial charge in [0, 0.05) is 49.1 Å². The minimum absolute atomic E-state index is 0.335. The SMILES string of the molecule is COCCOC1CCC(Nc2ncc3c(-c4ccc5nccn5c4)ccn3n2)CC1. The van der Waals surface area contributed by atoms with Gasteiger partial charge in [-0.1, -0.05) is 0 Å². The average molecular weight is 406 g/mol. The molecule has 8 heteroatoms. The molecule has 4 aromatic rings. The number of ether oxygens (including phenoxy) is 2. The van der Waals surface area contributed by atoms with Gasteiger partial charge in [-0.2, -0.15) is 0 Å². The third-order valence-electron chi connectivity index (χ3n) is 5.76. The lowest BCUT2D eigenvalue weighted by atomic mass is 9.93. The second-order valence-corrected chi connectivity index (χ2v) is 7.73. The Morgan fingerprint density at radius 2 is 1.97 bits per heavy atom. The molecule has 4 heterocycles. The van der Waals surface area contributed by atoms with Crippen molar-refractivity contribution in [2.75, 3.05) is 25.6 Å². The number of pyridine rings is 1. The summed E-state index contributed by atoms with van der Waals surface area (Å²) in [5.74, 6) is 0.665. The quantitative estimate of drug-likeness (QED) is 0.474. The van der Waals surface area contributed by atoms with Crippen LogP contribution in [-0.2, 0) is 9.47 Å². The lowest BCUT2D eigenvalue weighted by Gasteiger charge is -2.29. The van der Waals surface area contributed by atoms with Crippen LogP contribution in [0, 0.1) is 0 Å². The standard InChI is InChI=1S/C22H26N6O2/c1-29-12-13-30-18-5-3-17(4-6-18)25-22-24-14-20-19(8-10-28(20)26-22)16-2-7-21-23-9-11-27(21)15-16/h2,7-11,14-15,17-18H,3-6,12-13H2,1H3,(H,25,26). The number of hydrogen-bond acceptors (Lipinski definition) is 6. The van der Waals surface area contributed by atoms with Crippen LogP contribution in [0.4, 0.5) is 5.95 Å². The number of nitrogens with zero attached hydrogens (tertiary/aromatic N) is 5. The molecule has 0 saturated heterocycles. The summed E-state index contributed by atoms with van der Waals surface area (Å²) >= 11 is 0. The van der Waals surface area contributed by atoms with Crippen molar-refractivity contribution in [2.24, 2.45) is 0 Å². The number of aromatic nitrogens is 5. The van der Waals surface area contributed by atoms with E-state index in [9.17, 15) is 0 Å². The third-order valence-corrected chi connectivity index (χ3v) is 5.76. The van der Waals surface area contributed by atoms with Crippen molar-refractivity contribution in [1.82, 2.24) is 24.0 Å². The van der Waals surface area contributed by atoms with Crippen molar-refractivity contribution in [2.45, 2.75) is 37.8 Å². The first-order valence-electron chi connectivity index (χ1n) is 10.4. The fourth-order valence-corrected chi connectivity index (χ4v) is 4.14. The van der Waals surface area contributed by atoms with Crippen LogP contribution in [0.5, 0.6) is 0 Å². The van der Waals surface area contributed by atoms with Gasteiger partial charge >= 0.3 is 0 Å². The first kappa shape index (κ1) is 19.0. The number of imidazole rings is 1. The second-order valence-electron chi connectivity index (χ2n) is 7.73. The number of fused-ring (bicyclic) bond motifs is 2. The predicted molar refractivity (Wildman–Crippen MR) is 115 cm³/mol. The summed E-state index contributed by atoms with van der Waals surface area (Å²) < 4.78 is 14.8. The number of rotatable bonds is 7. The van der Waals surface area contributed by atoms with Crippen molar-refractivity contribution < 1.29 is 9.47 Å². The molecule has 4 aromatic heterocycles. The van der Waals surface area contributed by atoms with Gasteiger partial charge in [0.2, 0.25) is 5.95 Å². The molecule has 0 amide bonds. The van der Waals surface area contributed by atoms with Crippen molar-refractivity contribution in [3.05, 3.63) is 49.2 Å². The van der Waals surface area contributed by atoms with E-state index in [2.05, 4.69) is 38.7 Å². The maximum atomic E-state index is 5.85. The van der Waals surface area contributed by atoms with E-state index in [0.29, 0.717) is 31.3 Å². The molecule has 1 N–H and O–H groups in total. The highest BCUT2D eigenvalue weighted by atomic mass is 16.5. The van der Waals surface area contributed by atoms with E-state index in [0.717, 1.165) is 48.0 Å². The summed E-state index contributed by atoms with van der Waals surface area (Å²) in [5, 5.41) is 8.17. The number of nitrogens with one attached hydrogen (secondary N) is 1. The molecule has 30 heavy (non-hydrogen) atoms. The van der Waals surface area contributed by atoms with E-state index in [-0.39, 0.29) is 0 Å². The Balaban J connectivity index is 1.26. The van der Waals surface area contributed by atoms with Gasteiger partial charge in [-0.25, -0.2) is 14.5 Å². The molecule has 0 unspecified atom stereocenters. The summed E-state index contributed by atoms with van der Waals surface area (Å²) in [6.07, 6.45) is 14.3. The fourth-order valence-electron chi connectivity index (χ4n) is 4.14. The molecule has 1 fully saturated rings. The Kier molecular flexibility index (Phi) is 5.33. The Bertz CT molecular complexity index is 1130. The molecule has 8 nitrogen and oxygen atoms in total. The maximum Gasteiger partial charge on any atom is 0.241 e. The third kappa shape index (κ3) is 3.88. The van der Waals surface area contributed by atoms with Crippen molar-refractivity contribution in [1.29, 1.82) is 0 Å². The van der Waals surface area contributed by atoms with Gasteiger partial charge < -0.3 is 19.2 Å². The molecule has 0 bridgehead atoms. The molecule has 0 spiro atoms. The molecular formula is C22H26N6O2. The summed E-state index contributed by atoms with van der Waals surface area (Å²) in [4.78, 5) is 8.89. The van der Waals surface area contributed by atoms with Gasteiger partial charge in [-0.15, -0.1) is 5.10 Å². The zero-order valence-corrected chi connectivity index (χ0v) is 17.1. The number of methoxy groups -OCH3 is 1. The van der Waals surface area contributed by atoms with Gasteiger partial charge in [0.05, 0.1) is 31.0 Å². The van der Waals surface area contributed by atoms with Crippen LogP contribution >= 0.6 is 0 Å². The Labute approximate surface area is 174 Å². The van der Waals surface area contributed by atoms with E-state index < -0.39 is 0 Å². The summed E-state index contributed by atoms with van der Waals surface area (Å²) in [6.45, 7) is 1.32. The van der Waals surface area contributed by atoms with Crippen LogP contribution in [0.1, 0.15) is 25.7 Å². The van der Waals surface area contributed by atoms with Crippen molar-refractivity contribution >= 4 is 17.1 Å². The fraction of sp³-hybridized carbons (Fsp3) is 0.409. The summed E-state index contributed by atoms with van der Waals surface area (Å²) in [6, 6.07) is 6.56. The highest BCUT2D eigenvalue weighted by Gasteiger charge is 2.22. The minimum atomic E-state index is 0.335. The molecule has 0 aromatic carbocycles. The predicted octanol–water partition coefficient (Wildman–Crippen LogP) is 3.43. The molecule has 1 aliphatic rings. The molecule has 0 aliphatic heterocycles. The molecular weight excluding hydrogens is 380 g/mol. The van der Waals surface area contributed by atoms with Crippen LogP contribution in [0.2, 0.25) is 0 Å². The monoisotopic (exact) mass is 406 g/mol. The number of anilines is 1. The molecule has 1 saturated carbocycles. The second kappa shape index (κ2) is 8.41. The molecule has 5 rings (SSSR count).